The van der Waals surface area contributed by atoms with Crippen molar-refractivity contribution >= 4 is 69.9 Å². The fourth-order valence-electron chi connectivity index (χ4n) is 10.8. The molecule has 5 unspecified atom stereocenters. The Morgan fingerprint density at radius 1 is 0.405 bits per heavy atom. The molecule has 84 heavy (non-hydrogen) atoms. The number of halogens is 9. The van der Waals surface area contributed by atoms with Crippen LogP contribution in [0.25, 0.3) is 0 Å². The lowest BCUT2D eigenvalue weighted by molar-refractivity contribution is -0.126. The summed E-state index contributed by atoms with van der Waals surface area (Å²) in [4.78, 5) is 73.2. The summed E-state index contributed by atoms with van der Waals surface area (Å²) in [5, 5.41) is 9.82. The Kier molecular flexibility index (Phi) is 22.8. The van der Waals surface area contributed by atoms with Crippen molar-refractivity contribution in [2.45, 2.75) is 75.5 Å². The zero-order valence-electron chi connectivity index (χ0n) is 45.9. The molecule has 9 rings (SSSR count). The highest BCUT2D eigenvalue weighted by Crippen LogP contribution is 2.41. The average molecular weight is 1220 g/mol. The third-order valence-electron chi connectivity index (χ3n) is 15.0. The summed E-state index contributed by atoms with van der Waals surface area (Å²) < 4.78 is 102. The number of ether oxygens (including phenoxy) is 3. The maximum absolute atomic E-state index is 14.6. The molecule has 0 saturated carbocycles. The number of Topliss-reactive ketones (excluding diaryl/α,β-unsaturated/α-hetero) is 3. The molecule has 3 aliphatic rings. The number of nitrogens with one attached hydrogen (secondary N) is 3. The molecule has 6 atom stereocenters. The maximum Gasteiger partial charge on any atom is 0.220 e. The molecule has 0 aliphatic carbocycles. The summed E-state index contributed by atoms with van der Waals surface area (Å²) in [6.45, 7) is 0.586. The van der Waals surface area contributed by atoms with E-state index in [9.17, 15) is 55.1 Å². The van der Waals surface area contributed by atoms with Crippen LogP contribution in [0.1, 0.15) is 89.7 Å². The van der Waals surface area contributed by atoms with Crippen molar-refractivity contribution in [3.63, 3.8) is 0 Å². The summed E-state index contributed by atoms with van der Waals surface area (Å²) in [5.74, 6) is -8.83. The van der Waals surface area contributed by atoms with E-state index >= 15 is 0 Å². The second kappa shape index (κ2) is 29.9. The van der Waals surface area contributed by atoms with Gasteiger partial charge < -0.3 is 30.2 Å². The molecular formula is C63H60Cl3F6N3O9. The number of benzene rings is 6. The lowest BCUT2D eigenvalue weighted by atomic mass is 9.77. The molecule has 3 saturated heterocycles. The number of hydrogen-bond donors (Lipinski definition) is 3. The smallest absolute Gasteiger partial charge is 0.220 e. The van der Waals surface area contributed by atoms with Gasteiger partial charge in [0.05, 0.1) is 21.3 Å². The van der Waals surface area contributed by atoms with Gasteiger partial charge in [-0.1, -0.05) is 71.2 Å². The van der Waals surface area contributed by atoms with E-state index in [0.29, 0.717) is 15.1 Å². The van der Waals surface area contributed by atoms with E-state index in [0.717, 1.165) is 53.1 Å². The Morgan fingerprint density at radius 2 is 0.619 bits per heavy atom. The minimum Gasteiger partial charge on any atom is -0.497 e. The number of methoxy groups -OCH3 is 3. The van der Waals surface area contributed by atoms with Gasteiger partial charge in [-0.2, -0.15) is 0 Å². The van der Waals surface area contributed by atoms with E-state index in [1.54, 1.807) is 72.8 Å². The minimum atomic E-state index is -0.772. The molecule has 3 fully saturated rings. The van der Waals surface area contributed by atoms with Gasteiger partial charge in [0.25, 0.3) is 0 Å². The molecule has 3 amide bonds. The quantitative estimate of drug-likeness (QED) is 0.0710. The lowest BCUT2D eigenvalue weighted by Crippen LogP contribution is -2.41. The normalized spacial score (nSPS) is 19.2. The van der Waals surface area contributed by atoms with Crippen LogP contribution < -0.4 is 30.2 Å². The van der Waals surface area contributed by atoms with Crippen LogP contribution in [0, 0.1) is 52.7 Å². The third-order valence-corrected chi connectivity index (χ3v) is 15.8. The van der Waals surface area contributed by atoms with E-state index in [2.05, 4.69) is 16.0 Å². The summed E-state index contributed by atoms with van der Waals surface area (Å²) in [7, 11) is 3.96. The van der Waals surface area contributed by atoms with Crippen LogP contribution in [0.2, 0.25) is 15.1 Å². The first kappa shape index (κ1) is 64.2. The largest absolute Gasteiger partial charge is 0.497 e. The summed E-state index contributed by atoms with van der Waals surface area (Å²) in [5.41, 5.74) is 1.94. The van der Waals surface area contributed by atoms with Gasteiger partial charge in [0.15, 0.2) is 0 Å². The van der Waals surface area contributed by atoms with Crippen molar-refractivity contribution in [1.29, 1.82) is 0 Å². The number of amides is 3. The Labute approximate surface area is 496 Å². The molecule has 3 heterocycles. The van der Waals surface area contributed by atoms with Crippen molar-refractivity contribution < 1.29 is 69.3 Å². The van der Waals surface area contributed by atoms with Gasteiger partial charge in [-0.3, -0.25) is 28.8 Å². The summed E-state index contributed by atoms with van der Waals surface area (Å²) in [6.07, 6.45) is 0.707. The lowest BCUT2D eigenvalue weighted by Gasteiger charge is -2.32. The second-order valence-corrected chi connectivity index (χ2v) is 22.1. The molecule has 3 aliphatic heterocycles. The highest BCUT2D eigenvalue weighted by atomic mass is 35.5. The van der Waals surface area contributed by atoms with Gasteiger partial charge >= 0.3 is 0 Å². The van der Waals surface area contributed by atoms with Gasteiger partial charge in [-0.15, -0.1) is 0 Å². The molecule has 0 spiro atoms. The summed E-state index contributed by atoms with van der Waals surface area (Å²) >= 11 is 17.6. The van der Waals surface area contributed by atoms with Gasteiger partial charge in [0.2, 0.25) is 17.7 Å². The molecule has 0 radical (unpaired) electrons. The van der Waals surface area contributed by atoms with Gasteiger partial charge in [0.1, 0.15) is 69.5 Å². The first-order valence-electron chi connectivity index (χ1n) is 26.8. The number of ketones is 3. The molecule has 6 aromatic rings. The van der Waals surface area contributed by atoms with Crippen LogP contribution in [-0.2, 0) is 48.0 Å². The monoisotopic (exact) mass is 1220 g/mol. The molecule has 21 heteroatoms. The predicted molar refractivity (Wildman–Crippen MR) is 305 cm³/mol. The number of carbonyl (C=O) groups excluding carboxylic acids is 6. The third kappa shape index (κ3) is 17.6. The number of rotatable bonds is 18. The number of hydrogen-bond acceptors (Lipinski definition) is 9. The van der Waals surface area contributed by atoms with Crippen LogP contribution in [0.4, 0.5) is 26.3 Å². The first-order chi connectivity index (χ1) is 40.1. The Balaban J connectivity index is 0.000000181. The fraction of sp³-hybridized carbons (Fsp3) is 0.333. The van der Waals surface area contributed by atoms with E-state index < -0.39 is 70.4 Å². The van der Waals surface area contributed by atoms with E-state index in [1.165, 1.54) is 21.3 Å². The van der Waals surface area contributed by atoms with Crippen LogP contribution in [0.5, 0.6) is 17.2 Å². The average Bonchev–Trinajstić information content (AvgIpc) is 3.64. The zero-order valence-corrected chi connectivity index (χ0v) is 48.2. The van der Waals surface area contributed by atoms with Crippen molar-refractivity contribution in [3.8, 4) is 17.2 Å². The zero-order chi connectivity index (χ0) is 60.8. The number of carbonyl (C=O) groups is 6. The van der Waals surface area contributed by atoms with Crippen molar-refractivity contribution in [2.75, 3.05) is 41.0 Å². The van der Waals surface area contributed by atoms with Crippen LogP contribution in [0.15, 0.2) is 109 Å². The molecule has 6 aromatic carbocycles. The van der Waals surface area contributed by atoms with Crippen LogP contribution in [-0.4, -0.2) is 76.0 Å². The Hall–Kier alpha value is -7.41. The van der Waals surface area contributed by atoms with Crippen LogP contribution >= 0.6 is 34.8 Å². The van der Waals surface area contributed by atoms with Crippen molar-refractivity contribution in [3.05, 3.63) is 193 Å². The minimum absolute atomic E-state index is 0.0642. The SMILES string of the molecule is COc1cc(F)c(C2CC(=O)NCC2CC(=O)Cc2ccc(Cl)cc2)c(F)c1.COc1cc(F)c(C2CC(=O)NCC2CC(=O)Cc2ccc(Cl)cc2)c(F)c1.COc1cc(F)c(C2CC(=O)NC[C@H]2CC(=O)Cc2ccc(Cl)cc2)c(F)c1. The molecule has 12 nitrogen and oxygen atoms in total. The van der Waals surface area contributed by atoms with Gasteiger partial charge in [-0.05, 0) is 70.8 Å². The number of piperidine rings is 3. The molecular weight excluding hydrogens is 1160 g/mol. The van der Waals surface area contributed by atoms with Crippen LogP contribution in [0.3, 0.4) is 0 Å². The highest BCUT2D eigenvalue weighted by molar-refractivity contribution is 6.31. The maximum atomic E-state index is 14.6. The van der Waals surface area contributed by atoms with Gasteiger partial charge in [0, 0.05) is 163 Å². The molecule has 0 aromatic heterocycles. The van der Waals surface area contributed by atoms with Gasteiger partial charge in [-0.25, -0.2) is 26.3 Å². The molecule has 3 N–H and O–H groups in total. The van der Waals surface area contributed by atoms with Crippen molar-refractivity contribution in [2.24, 2.45) is 17.8 Å². The van der Waals surface area contributed by atoms with Crippen molar-refractivity contribution in [1.82, 2.24) is 16.0 Å². The standard InChI is InChI=1S/3C21H20ClF2NO3/c3*1-28-16-8-18(23)21(19(24)9-16)17-10-20(27)25-11-13(17)7-15(26)6-12-2-4-14(22)5-3-12/h3*2-5,8-9,13,17H,6-7,10-11H2,1H3,(H,25,27)/t13-,17?;;/m1../s1. The predicted octanol–water partition coefficient (Wildman–Crippen LogP) is 12.1. The Morgan fingerprint density at radius 3 is 0.821 bits per heavy atom. The second-order valence-electron chi connectivity index (χ2n) is 20.8. The first-order valence-corrected chi connectivity index (χ1v) is 27.9. The molecule has 0 bridgehead atoms. The van der Waals surface area contributed by atoms with E-state index in [4.69, 9.17) is 49.0 Å². The fourth-order valence-corrected chi connectivity index (χ4v) is 11.2. The topological polar surface area (TPSA) is 166 Å². The molecule has 444 valence electrons. The van der Waals surface area contributed by atoms with E-state index in [1.807, 2.05) is 0 Å². The highest BCUT2D eigenvalue weighted by Gasteiger charge is 2.38. The van der Waals surface area contributed by atoms with E-state index in [-0.39, 0.29) is 146 Å². The Bertz CT molecular complexity index is 2940. The summed E-state index contributed by atoms with van der Waals surface area (Å²) in [6, 6.07) is 27.4.